The number of hydrogen-bond acceptors (Lipinski definition) is 3. The van der Waals surface area contributed by atoms with Crippen LogP contribution in [0.4, 0.5) is 4.48 Å². The van der Waals surface area contributed by atoms with Crippen LogP contribution < -0.4 is 11.3 Å². The van der Waals surface area contributed by atoms with Crippen molar-refractivity contribution in [3.05, 3.63) is 0 Å². The Kier molecular flexibility index (Phi) is 6.07. The topological polar surface area (TPSA) is 55.1 Å². The van der Waals surface area contributed by atoms with Crippen molar-refractivity contribution in [1.82, 2.24) is 5.54 Å². The van der Waals surface area contributed by atoms with Crippen LogP contribution in [0.25, 0.3) is 0 Å². The zero-order valence-corrected chi connectivity index (χ0v) is 6.77. The van der Waals surface area contributed by atoms with E-state index in [-0.39, 0.29) is 11.7 Å². The summed E-state index contributed by atoms with van der Waals surface area (Å²) in [7, 11) is 1.47. The van der Waals surface area contributed by atoms with Gasteiger partial charge in [-0.1, -0.05) is 6.42 Å². The molecule has 3 nitrogen and oxygen atoms in total. The molecule has 0 aliphatic rings. The molecule has 1 atom stereocenters. The van der Waals surface area contributed by atoms with Gasteiger partial charge in [0.1, 0.15) is 0 Å². The third-order valence-electron chi connectivity index (χ3n) is 1.56. The number of unbranched alkanes of at least 4 members (excludes halogenated alkanes) is 1. The Bertz CT molecular complexity index is 123. The van der Waals surface area contributed by atoms with Gasteiger partial charge in [0.25, 0.3) is 0 Å². The summed E-state index contributed by atoms with van der Waals surface area (Å²) < 4.78 is 11.3. The van der Waals surface area contributed by atoms with E-state index in [2.05, 4.69) is 0 Å². The van der Waals surface area contributed by atoms with Gasteiger partial charge in [0.05, 0.1) is 11.7 Å². The molecule has 5 heteroatoms. The minimum atomic E-state index is -0.366. The van der Waals surface area contributed by atoms with Gasteiger partial charge in [-0.05, 0) is 12.8 Å². The van der Waals surface area contributed by atoms with E-state index in [1.807, 2.05) is 0 Å². The highest BCUT2D eigenvalue weighted by Crippen LogP contribution is 1.97. The molecule has 0 aromatic heterocycles. The molecule has 0 unspecified atom stereocenters. The van der Waals surface area contributed by atoms with E-state index in [0.717, 1.165) is 12.8 Å². The first kappa shape index (κ1) is 10.6. The normalized spacial score (nSPS) is 12.9. The third-order valence-corrected chi connectivity index (χ3v) is 1.56. The summed E-state index contributed by atoms with van der Waals surface area (Å²) in [6.07, 6.45) is 2.16. The maximum absolute atomic E-state index is 11.3. The van der Waals surface area contributed by atoms with Crippen LogP contribution in [0, 0.1) is 0 Å². The molecule has 0 saturated carbocycles. The van der Waals surface area contributed by atoms with Gasteiger partial charge < -0.3 is 10.5 Å². The van der Waals surface area contributed by atoms with Gasteiger partial charge in [0.2, 0.25) is 0 Å². The fourth-order valence-electron chi connectivity index (χ4n) is 0.759. The molecule has 0 heterocycles. The first-order valence-electron chi connectivity index (χ1n) is 3.78. The average molecular weight is 160 g/mol. The summed E-state index contributed by atoms with van der Waals surface area (Å²) in [5, 5.41) is 0. The first-order valence-corrected chi connectivity index (χ1v) is 3.78. The van der Waals surface area contributed by atoms with Gasteiger partial charge in [-0.25, -0.2) is 0 Å². The molecule has 11 heavy (non-hydrogen) atoms. The minimum Gasteiger partial charge on any atom is -0.322 e. The quantitative estimate of drug-likeness (QED) is 0.301. The van der Waals surface area contributed by atoms with Gasteiger partial charge in [-0.3, -0.25) is 0 Å². The predicted molar refractivity (Wildman–Crippen MR) is 44.5 cm³/mol. The molecule has 0 radical (unpaired) electrons. The average Bonchev–Trinajstić information content (AvgIpc) is 1.97. The molecule has 0 amide bonds. The highest BCUT2D eigenvalue weighted by Gasteiger charge is 2.05. The summed E-state index contributed by atoms with van der Waals surface area (Å²) >= 11 is 0. The van der Waals surface area contributed by atoms with Crippen LogP contribution in [0.1, 0.15) is 19.3 Å². The zero-order chi connectivity index (χ0) is 8.69. The summed E-state index contributed by atoms with van der Waals surface area (Å²) in [6.45, 7) is 0.338. The van der Waals surface area contributed by atoms with E-state index in [1.165, 1.54) is 7.85 Å². The predicted octanol–water partition coefficient (Wildman–Crippen LogP) is -0.882. The van der Waals surface area contributed by atoms with Gasteiger partial charge in [0, 0.05) is 6.54 Å². The number of carbonyl (C=O) groups excluding carboxylic acids is 1. The van der Waals surface area contributed by atoms with Crippen molar-refractivity contribution in [3.8, 4) is 0 Å². The van der Waals surface area contributed by atoms with Crippen molar-refractivity contribution in [2.75, 3.05) is 6.54 Å². The largest absolute Gasteiger partial charge is 0.322 e. The molecule has 0 bridgehead atoms. The van der Waals surface area contributed by atoms with E-state index in [4.69, 9.17) is 5.73 Å². The van der Waals surface area contributed by atoms with Crippen molar-refractivity contribution >= 4 is 13.5 Å². The SMILES string of the molecule is BC(=O)[C@@H](N)CCCCNF. The van der Waals surface area contributed by atoms with E-state index < -0.39 is 0 Å². The molecule has 0 aliphatic heterocycles. The highest BCUT2D eigenvalue weighted by atomic mass is 19.2. The number of hydrogen-bond donors (Lipinski definition) is 2. The zero-order valence-electron chi connectivity index (χ0n) is 6.77. The molecular weight excluding hydrogens is 146 g/mol. The summed E-state index contributed by atoms with van der Waals surface area (Å²) in [6, 6.07) is -0.366. The number of nitrogens with two attached hydrogens (primary N) is 1. The number of nitrogens with one attached hydrogen (secondary N) is 1. The Balaban J connectivity index is 3.17. The monoisotopic (exact) mass is 160 g/mol. The lowest BCUT2D eigenvalue weighted by atomic mass is 9.92. The van der Waals surface area contributed by atoms with Crippen LogP contribution in [0.15, 0.2) is 0 Å². The standard InChI is InChI=1S/C6H14BFN2O/c7-6(11)5(9)3-1-2-4-10-8/h5,10H,1-4,7,9H2/t5-/m0/s1. The Morgan fingerprint density at radius 1 is 1.64 bits per heavy atom. The molecular formula is C6H14BFN2O. The van der Waals surface area contributed by atoms with Crippen molar-refractivity contribution in [1.29, 1.82) is 0 Å². The van der Waals surface area contributed by atoms with Crippen molar-refractivity contribution < 1.29 is 9.28 Å². The molecule has 0 rings (SSSR count). The lowest BCUT2D eigenvalue weighted by molar-refractivity contribution is -0.113. The second-order valence-electron chi connectivity index (χ2n) is 2.60. The molecule has 0 aromatic carbocycles. The minimum absolute atomic E-state index is 0.00166. The van der Waals surface area contributed by atoms with Crippen LogP contribution in [-0.4, -0.2) is 26.1 Å². The summed E-state index contributed by atoms with van der Waals surface area (Å²) in [5.74, 6) is 0. The fourth-order valence-corrected chi connectivity index (χ4v) is 0.759. The smallest absolute Gasteiger partial charge is 0.189 e. The number of rotatable bonds is 6. The van der Waals surface area contributed by atoms with Gasteiger partial charge >= 0.3 is 0 Å². The van der Waals surface area contributed by atoms with Crippen LogP contribution in [0.3, 0.4) is 0 Å². The molecule has 64 valence electrons. The molecule has 0 aliphatic carbocycles. The lowest BCUT2D eigenvalue weighted by Crippen LogP contribution is -2.30. The van der Waals surface area contributed by atoms with E-state index in [0.29, 0.717) is 13.0 Å². The van der Waals surface area contributed by atoms with Gasteiger partial charge in [-0.15, -0.1) is 4.48 Å². The second kappa shape index (κ2) is 6.31. The lowest BCUT2D eigenvalue weighted by Gasteiger charge is -2.05. The maximum atomic E-state index is 11.3. The van der Waals surface area contributed by atoms with Crippen molar-refractivity contribution in [2.45, 2.75) is 25.3 Å². The van der Waals surface area contributed by atoms with Gasteiger partial charge in [-0.2, -0.15) is 5.54 Å². The van der Waals surface area contributed by atoms with Crippen molar-refractivity contribution in [2.24, 2.45) is 5.73 Å². The molecule has 0 spiro atoms. The third kappa shape index (κ3) is 6.00. The first-order chi connectivity index (χ1) is 5.18. The number of halogens is 1. The number of carbonyl (C=O) groups is 1. The Morgan fingerprint density at radius 3 is 2.73 bits per heavy atom. The Hall–Kier alpha value is -0.415. The highest BCUT2D eigenvalue weighted by molar-refractivity contribution is 6.59. The Morgan fingerprint density at radius 2 is 2.27 bits per heavy atom. The van der Waals surface area contributed by atoms with E-state index >= 15 is 0 Å². The van der Waals surface area contributed by atoms with Crippen molar-refractivity contribution in [3.63, 3.8) is 0 Å². The second-order valence-corrected chi connectivity index (χ2v) is 2.60. The van der Waals surface area contributed by atoms with E-state index in [9.17, 15) is 9.28 Å². The molecule has 0 saturated heterocycles. The molecule has 0 fully saturated rings. The molecule has 3 N–H and O–H groups in total. The molecule has 0 aromatic rings. The van der Waals surface area contributed by atoms with Crippen LogP contribution >= 0.6 is 0 Å². The fraction of sp³-hybridized carbons (Fsp3) is 0.833. The summed E-state index contributed by atoms with van der Waals surface area (Å²) in [4.78, 5) is 10.6. The van der Waals surface area contributed by atoms with Gasteiger partial charge in [0.15, 0.2) is 7.85 Å². The van der Waals surface area contributed by atoms with Crippen LogP contribution in [0.5, 0.6) is 0 Å². The Labute approximate surface area is 66.9 Å². The van der Waals surface area contributed by atoms with E-state index in [1.54, 1.807) is 5.54 Å². The summed E-state index contributed by atoms with van der Waals surface area (Å²) in [5.41, 5.74) is 6.98. The maximum Gasteiger partial charge on any atom is 0.189 e. The van der Waals surface area contributed by atoms with Crippen LogP contribution in [-0.2, 0) is 4.79 Å². The van der Waals surface area contributed by atoms with Crippen LogP contribution in [0.2, 0.25) is 0 Å².